The van der Waals surface area contributed by atoms with E-state index in [0.717, 1.165) is 34.3 Å². The Morgan fingerprint density at radius 2 is 2.00 bits per heavy atom. The van der Waals surface area contributed by atoms with E-state index in [0.29, 0.717) is 12.2 Å². The van der Waals surface area contributed by atoms with Crippen molar-refractivity contribution in [3.8, 4) is 5.75 Å². The van der Waals surface area contributed by atoms with Crippen molar-refractivity contribution in [2.75, 3.05) is 13.2 Å². The van der Waals surface area contributed by atoms with E-state index in [1.807, 2.05) is 43.3 Å². The van der Waals surface area contributed by atoms with E-state index in [9.17, 15) is 13.5 Å². The fourth-order valence-electron chi connectivity index (χ4n) is 2.62. The third-order valence-electron chi connectivity index (χ3n) is 4.09. The van der Waals surface area contributed by atoms with Crippen molar-refractivity contribution < 1.29 is 18.3 Å². The number of nitrogens with one attached hydrogen (secondary N) is 1. The molecule has 0 fully saturated rings. The van der Waals surface area contributed by atoms with Crippen molar-refractivity contribution in [3.63, 3.8) is 0 Å². The maximum atomic E-state index is 12.1. The Kier molecular flexibility index (Phi) is 5.22. The molecule has 1 atom stereocenters. The number of aryl methyl sites for hydroxylation is 1. The van der Waals surface area contributed by atoms with Crippen LogP contribution in [0.25, 0.3) is 6.08 Å². The average molecular weight is 359 g/mol. The highest BCUT2D eigenvalue weighted by Crippen LogP contribution is 2.28. The fraction of sp³-hybridized carbons (Fsp3) is 0.263. The number of hydrogen-bond acceptors (Lipinski definition) is 4. The molecule has 1 aliphatic heterocycles. The highest BCUT2D eigenvalue weighted by Gasteiger charge is 2.16. The van der Waals surface area contributed by atoms with Crippen LogP contribution in [0.3, 0.4) is 0 Å². The lowest BCUT2D eigenvalue weighted by molar-refractivity contribution is 0.182. The average Bonchev–Trinajstić information content (AvgIpc) is 3.07. The van der Waals surface area contributed by atoms with Crippen LogP contribution in [0, 0.1) is 6.92 Å². The van der Waals surface area contributed by atoms with Crippen molar-refractivity contribution in [1.29, 1.82) is 0 Å². The molecule has 0 spiro atoms. The molecule has 0 aromatic heterocycles. The first kappa shape index (κ1) is 17.7. The van der Waals surface area contributed by atoms with Gasteiger partial charge >= 0.3 is 0 Å². The summed E-state index contributed by atoms with van der Waals surface area (Å²) in [7, 11) is -3.62. The summed E-state index contributed by atoms with van der Waals surface area (Å²) in [6, 6.07) is 13.0. The van der Waals surface area contributed by atoms with Crippen molar-refractivity contribution in [1.82, 2.24) is 4.72 Å². The molecule has 0 radical (unpaired) electrons. The summed E-state index contributed by atoms with van der Waals surface area (Å²) in [5.74, 6) is 0.831. The van der Waals surface area contributed by atoms with Gasteiger partial charge in [-0.05, 0) is 41.8 Å². The minimum atomic E-state index is -3.62. The fourth-order valence-corrected chi connectivity index (χ4v) is 3.44. The molecule has 0 amide bonds. The molecule has 2 N–H and O–H groups in total. The largest absolute Gasteiger partial charge is 0.493 e. The van der Waals surface area contributed by atoms with Crippen LogP contribution < -0.4 is 9.46 Å². The zero-order valence-corrected chi connectivity index (χ0v) is 14.8. The van der Waals surface area contributed by atoms with Gasteiger partial charge in [-0.3, -0.25) is 0 Å². The zero-order chi connectivity index (χ0) is 17.9. The van der Waals surface area contributed by atoms with Gasteiger partial charge in [0.2, 0.25) is 10.0 Å². The van der Waals surface area contributed by atoms with Gasteiger partial charge in [-0.1, -0.05) is 35.9 Å². The normalized spacial score (nSPS) is 15.1. The van der Waals surface area contributed by atoms with Gasteiger partial charge < -0.3 is 9.84 Å². The van der Waals surface area contributed by atoms with E-state index in [4.69, 9.17) is 4.74 Å². The van der Waals surface area contributed by atoms with Crippen LogP contribution in [0.1, 0.15) is 28.4 Å². The number of sulfonamides is 1. The molecule has 0 saturated carbocycles. The van der Waals surface area contributed by atoms with Gasteiger partial charge in [-0.15, -0.1) is 0 Å². The van der Waals surface area contributed by atoms with Crippen molar-refractivity contribution in [2.45, 2.75) is 19.4 Å². The second-order valence-corrected chi connectivity index (χ2v) is 7.74. The van der Waals surface area contributed by atoms with E-state index < -0.39 is 16.1 Å². The summed E-state index contributed by atoms with van der Waals surface area (Å²) >= 11 is 0. The summed E-state index contributed by atoms with van der Waals surface area (Å²) in [6.45, 7) is 2.53. The maximum absolute atomic E-state index is 12.1. The predicted octanol–water partition coefficient (Wildman–Crippen LogP) is 2.55. The number of ether oxygens (including phenoxy) is 1. The molecule has 25 heavy (non-hydrogen) atoms. The number of rotatable bonds is 6. The minimum absolute atomic E-state index is 0.0831. The quantitative estimate of drug-likeness (QED) is 0.831. The Bertz CT molecular complexity index is 873. The molecule has 0 saturated heterocycles. The Balaban J connectivity index is 1.60. The second-order valence-electron chi connectivity index (χ2n) is 6.09. The lowest BCUT2D eigenvalue weighted by Gasteiger charge is -2.12. The van der Waals surface area contributed by atoms with Gasteiger partial charge in [-0.2, -0.15) is 0 Å². The maximum Gasteiger partial charge on any atom is 0.233 e. The number of aliphatic hydroxyl groups is 1. The highest BCUT2D eigenvalue weighted by molar-refractivity contribution is 7.92. The molecule has 1 heterocycles. The summed E-state index contributed by atoms with van der Waals surface area (Å²) in [6.07, 6.45) is 1.43. The van der Waals surface area contributed by atoms with Gasteiger partial charge in [-0.25, -0.2) is 13.1 Å². The second kappa shape index (κ2) is 7.39. The molecule has 2 aromatic carbocycles. The molecular weight excluding hydrogens is 338 g/mol. The van der Waals surface area contributed by atoms with Crippen LogP contribution in [0.4, 0.5) is 0 Å². The Labute approximate surface area is 148 Å². The number of aliphatic hydroxyl groups excluding tert-OH is 1. The van der Waals surface area contributed by atoms with Gasteiger partial charge in [0.25, 0.3) is 0 Å². The summed E-state index contributed by atoms with van der Waals surface area (Å²) in [5.41, 5.74) is 3.63. The van der Waals surface area contributed by atoms with Crippen molar-refractivity contribution >= 4 is 16.1 Å². The monoisotopic (exact) mass is 359 g/mol. The standard InChI is InChI=1S/C19H21NO4S/c1-14-2-4-15(5-3-14)9-11-25(22,23)20-13-18(21)16-6-7-19-17(12-16)8-10-24-19/h2-7,9,11-12,18,20-21H,8,10,13H2,1H3. The molecule has 1 aliphatic rings. The van der Waals surface area contributed by atoms with Crippen molar-refractivity contribution in [3.05, 3.63) is 70.1 Å². The molecule has 0 bridgehead atoms. The van der Waals surface area contributed by atoms with Crippen molar-refractivity contribution in [2.24, 2.45) is 0 Å². The van der Waals surface area contributed by atoms with Crippen LogP contribution in [0.2, 0.25) is 0 Å². The number of hydrogen-bond donors (Lipinski definition) is 2. The molecule has 1 unspecified atom stereocenters. The van der Waals surface area contributed by atoms with E-state index in [2.05, 4.69) is 4.72 Å². The summed E-state index contributed by atoms with van der Waals surface area (Å²) in [4.78, 5) is 0. The van der Waals surface area contributed by atoms with Gasteiger partial charge in [0.1, 0.15) is 5.75 Å². The number of fused-ring (bicyclic) bond motifs is 1. The molecule has 0 aliphatic carbocycles. The molecule has 6 heteroatoms. The SMILES string of the molecule is Cc1ccc(C=CS(=O)(=O)NCC(O)c2ccc3c(c2)CCO3)cc1. The molecule has 2 aromatic rings. The first-order chi connectivity index (χ1) is 11.9. The Morgan fingerprint density at radius 3 is 2.76 bits per heavy atom. The predicted molar refractivity (Wildman–Crippen MR) is 97.7 cm³/mol. The molecule has 5 nitrogen and oxygen atoms in total. The first-order valence-corrected chi connectivity index (χ1v) is 9.66. The smallest absolute Gasteiger partial charge is 0.233 e. The van der Waals surface area contributed by atoms with Gasteiger partial charge in [0, 0.05) is 18.4 Å². The third kappa shape index (κ3) is 4.69. The van der Waals surface area contributed by atoms with E-state index >= 15 is 0 Å². The van der Waals surface area contributed by atoms with E-state index in [-0.39, 0.29) is 6.54 Å². The topological polar surface area (TPSA) is 75.6 Å². The Morgan fingerprint density at radius 1 is 1.24 bits per heavy atom. The molecule has 3 rings (SSSR count). The summed E-state index contributed by atoms with van der Waals surface area (Å²) in [5, 5.41) is 11.4. The van der Waals surface area contributed by atoms with Crippen LogP contribution in [-0.4, -0.2) is 26.7 Å². The number of benzene rings is 2. The van der Waals surface area contributed by atoms with Crippen LogP contribution in [0.5, 0.6) is 5.75 Å². The highest BCUT2D eigenvalue weighted by atomic mass is 32.2. The first-order valence-electron chi connectivity index (χ1n) is 8.11. The van der Waals surface area contributed by atoms with E-state index in [1.165, 1.54) is 6.08 Å². The lowest BCUT2D eigenvalue weighted by atomic mass is 10.0. The summed E-state index contributed by atoms with van der Waals surface area (Å²) < 4.78 is 32.0. The van der Waals surface area contributed by atoms with Crippen LogP contribution in [0.15, 0.2) is 47.9 Å². The lowest BCUT2D eigenvalue weighted by Crippen LogP contribution is -2.26. The minimum Gasteiger partial charge on any atom is -0.493 e. The van der Waals surface area contributed by atoms with Gasteiger partial charge in [0.05, 0.1) is 12.7 Å². The van der Waals surface area contributed by atoms with Crippen LogP contribution in [-0.2, 0) is 16.4 Å². The Hall–Kier alpha value is -2.15. The van der Waals surface area contributed by atoms with E-state index in [1.54, 1.807) is 6.07 Å². The van der Waals surface area contributed by atoms with Crippen LogP contribution >= 0.6 is 0 Å². The molecular formula is C19H21NO4S. The molecule has 132 valence electrons. The zero-order valence-electron chi connectivity index (χ0n) is 14.0. The third-order valence-corrected chi connectivity index (χ3v) is 5.16. The van der Waals surface area contributed by atoms with Gasteiger partial charge in [0.15, 0.2) is 0 Å².